The summed E-state index contributed by atoms with van der Waals surface area (Å²) in [5, 5.41) is 3.34. The van der Waals surface area contributed by atoms with Gasteiger partial charge in [0.15, 0.2) is 0 Å². The zero-order valence-corrected chi connectivity index (χ0v) is 15.4. The molecule has 0 radical (unpaired) electrons. The Hall–Kier alpha value is -1.35. The lowest BCUT2D eigenvalue weighted by Crippen LogP contribution is -2.48. The Kier molecular flexibility index (Phi) is 5.60. The number of amides is 1. The monoisotopic (exact) mass is 328 g/mol. The van der Waals surface area contributed by atoms with Crippen LogP contribution in [0, 0.1) is 18.8 Å². The van der Waals surface area contributed by atoms with Gasteiger partial charge in [0, 0.05) is 19.1 Å². The van der Waals surface area contributed by atoms with E-state index in [1.165, 1.54) is 24.8 Å². The molecule has 0 unspecified atom stereocenters. The van der Waals surface area contributed by atoms with Crippen molar-refractivity contribution in [2.45, 2.75) is 65.0 Å². The van der Waals surface area contributed by atoms with E-state index in [-0.39, 0.29) is 11.9 Å². The van der Waals surface area contributed by atoms with Crippen LogP contribution in [0.15, 0.2) is 24.3 Å². The van der Waals surface area contributed by atoms with Crippen molar-refractivity contribution in [3.05, 3.63) is 35.4 Å². The van der Waals surface area contributed by atoms with Crippen LogP contribution in [0.25, 0.3) is 0 Å². The summed E-state index contributed by atoms with van der Waals surface area (Å²) in [4.78, 5) is 15.6. The maximum atomic E-state index is 13.1. The maximum Gasteiger partial charge on any atom is 0.242 e. The lowest BCUT2D eigenvalue weighted by molar-refractivity contribution is -0.128. The summed E-state index contributed by atoms with van der Waals surface area (Å²) in [6.07, 6.45) is 6.04. The van der Waals surface area contributed by atoms with Crippen LogP contribution in [0.4, 0.5) is 0 Å². The zero-order chi connectivity index (χ0) is 17.1. The Balaban J connectivity index is 1.82. The summed E-state index contributed by atoms with van der Waals surface area (Å²) in [5.74, 6) is 1.51. The molecule has 1 aliphatic carbocycles. The number of nitrogens with one attached hydrogen (secondary N) is 1. The van der Waals surface area contributed by atoms with Crippen molar-refractivity contribution in [3.8, 4) is 0 Å². The van der Waals surface area contributed by atoms with Crippen LogP contribution in [-0.2, 0) is 4.79 Å². The second kappa shape index (κ2) is 7.69. The van der Waals surface area contributed by atoms with Crippen molar-refractivity contribution < 1.29 is 4.79 Å². The van der Waals surface area contributed by atoms with Crippen molar-refractivity contribution in [2.75, 3.05) is 13.1 Å². The second-order valence-electron chi connectivity index (χ2n) is 8.20. The van der Waals surface area contributed by atoms with Gasteiger partial charge < -0.3 is 5.32 Å². The van der Waals surface area contributed by atoms with Crippen molar-refractivity contribution >= 4 is 5.91 Å². The third-order valence-electron chi connectivity index (χ3n) is 5.61. The van der Waals surface area contributed by atoms with E-state index in [4.69, 9.17) is 0 Å². The molecule has 2 fully saturated rings. The molecule has 0 bridgehead atoms. The van der Waals surface area contributed by atoms with E-state index in [0.29, 0.717) is 17.9 Å². The van der Waals surface area contributed by atoms with Gasteiger partial charge in [0.25, 0.3) is 0 Å². The first-order valence-electron chi connectivity index (χ1n) is 9.64. The highest BCUT2D eigenvalue weighted by Crippen LogP contribution is 2.30. The number of carbonyl (C=O) groups is 1. The van der Waals surface area contributed by atoms with Crippen LogP contribution < -0.4 is 5.32 Å². The SMILES string of the molecule is Cc1ccc([C@H](C(=O)NC2CCCC2)N2C[C@H](C)C[C@H](C)C2)cc1. The van der Waals surface area contributed by atoms with Gasteiger partial charge in [-0.3, -0.25) is 9.69 Å². The molecule has 1 heterocycles. The smallest absolute Gasteiger partial charge is 0.242 e. The van der Waals surface area contributed by atoms with Crippen LogP contribution >= 0.6 is 0 Å². The van der Waals surface area contributed by atoms with E-state index < -0.39 is 0 Å². The van der Waals surface area contributed by atoms with E-state index in [2.05, 4.69) is 55.3 Å². The molecule has 3 rings (SSSR count). The normalized spacial score (nSPS) is 27.1. The molecule has 132 valence electrons. The van der Waals surface area contributed by atoms with Gasteiger partial charge in [-0.05, 0) is 43.6 Å². The molecule has 0 aromatic heterocycles. The van der Waals surface area contributed by atoms with Crippen molar-refractivity contribution in [1.82, 2.24) is 10.2 Å². The van der Waals surface area contributed by atoms with Gasteiger partial charge in [-0.1, -0.05) is 56.5 Å². The van der Waals surface area contributed by atoms with Crippen LogP contribution in [0.5, 0.6) is 0 Å². The predicted octanol–water partition coefficient (Wildman–Crippen LogP) is 4.07. The first-order chi connectivity index (χ1) is 11.5. The fourth-order valence-electron chi connectivity index (χ4n) is 4.55. The van der Waals surface area contributed by atoms with Gasteiger partial charge in [-0.25, -0.2) is 0 Å². The molecule has 1 aromatic carbocycles. The average molecular weight is 329 g/mol. The lowest BCUT2D eigenvalue weighted by Gasteiger charge is -2.40. The number of hydrogen-bond acceptors (Lipinski definition) is 2. The summed E-state index contributed by atoms with van der Waals surface area (Å²) in [7, 11) is 0. The molecule has 2 aliphatic rings. The summed E-state index contributed by atoms with van der Waals surface area (Å²) in [6.45, 7) is 8.75. The quantitative estimate of drug-likeness (QED) is 0.903. The number of benzene rings is 1. The minimum absolute atomic E-state index is 0.142. The fourth-order valence-corrected chi connectivity index (χ4v) is 4.55. The molecule has 1 saturated heterocycles. The van der Waals surface area contributed by atoms with Gasteiger partial charge in [0.1, 0.15) is 6.04 Å². The largest absolute Gasteiger partial charge is 0.352 e. The summed E-state index contributed by atoms with van der Waals surface area (Å²) >= 11 is 0. The van der Waals surface area contributed by atoms with Crippen molar-refractivity contribution in [1.29, 1.82) is 0 Å². The van der Waals surface area contributed by atoms with E-state index in [1.807, 2.05) is 0 Å². The number of aryl methyl sites for hydroxylation is 1. The van der Waals surface area contributed by atoms with Crippen molar-refractivity contribution in [3.63, 3.8) is 0 Å². The van der Waals surface area contributed by atoms with E-state index in [0.717, 1.165) is 31.5 Å². The molecule has 1 saturated carbocycles. The number of nitrogens with zero attached hydrogens (tertiary/aromatic N) is 1. The van der Waals surface area contributed by atoms with Crippen LogP contribution in [0.1, 0.15) is 63.1 Å². The van der Waals surface area contributed by atoms with Crippen LogP contribution in [0.3, 0.4) is 0 Å². The van der Waals surface area contributed by atoms with Crippen LogP contribution in [-0.4, -0.2) is 29.9 Å². The Labute approximate surface area is 146 Å². The van der Waals surface area contributed by atoms with Crippen LogP contribution in [0.2, 0.25) is 0 Å². The maximum absolute atomic E-state index is 13.1. The standard InChI is InChI=1S/C21H32N2O/c1-15-8-10-18(11-9-15)20(21(24)22-19-6-4-5-7-19)23-13-16(2)12-17(3)14-23/h8-11,16-17,19-20H,4-7,12-14H2,1-3H3,(H,22,24)/t16-,17+,20-/m1/s1. The minimum atomic E-state index is -0.142. The minimum Gasteiger partial charge on any atom is -0.352 e. The highest BCUT2D eigenvalue weighted by molar-refractivity contribution is 5.83. The highest BCUT2D eigenvalue weighted by atomic mass is 16.2. The van der Waals surface area contributed by atoms with Crippen molar-refractivity contribution in [2.24, 2.45) is 11.8 Å². The Morgan fingerprint density at radius 2 is 1.67 bits per heavy atom. The third-order valence-corrected chi connectivity index (χ3v) is 5.61. The summed E-state index contributed by atoms with van der Waals surface area (Å²) < 4.78 is 0. The lowest BCUT2D eigenvalue weighted by atomic mass is 9.89. The Morgan fingerprint density at radius 1 is 1.08 bits per heavy atom. The molecule has 3 atom stereocenters. The average Bonchev–Trinajstić information content (AvgIpc) is 3.01. The van der Waals surface area contributed by atoms with Gasteiger partial charge >= 0.3 is 0 Å². The number of likely N-dealkylation sites (tertiary alicyclic amines) is 1. The fraction of sp³-hybridized carbons (Fsp3) is 0.667. The summed E-state index contributed by atoms with van der Waals surface area (Å²) in [5.41, 5.74) is 2.38. The number of hydrogen-bond donors (Lipinski definition) is 1. The molecule has 0 spiro atoms. The van der Waals surface area contributed by atoms with E-state index >= 15 is 0 Å². The molecule has 24 heavy (non-hydrogen) atoms. The molecule has 3 heteroatoms. The van der Waals surface area contributed by atoms with Gasteiger partial charge in [0.05, 0.1) is 0 Å². The van der Waals surface area contributed by atoms with Gasteiger partial charge in [-0.2, -0.15) is 0 Å². The highest BCUT2D eigenvalue weighted by Gasteiger charge is 2.34. The van der Waals surface area contributed by atoms with E-state index in [9.17, 15) is 4.79 Å². The molecule has 1 aliphatic heterocycles. The number of piperidine rings is 1. The molecule has 3 nitrogen and oxygen atoms in total. The molecule has 1 aromatic rings. The molecular weight excluding hydrogens is 296 g/mol. The Morgan fingerprint density at radius 3 is 2.25 bits per heavy atom. The first-order valence-corrected chi connectivity index (χ1v) is 9.64. The number of carbonyl (C=O) groups excluding carboxylic acids is 1. The summed E-state index contributed by atoms with van der Waals surface area (Å²) in [6, 6.07) is 8.77. The Bertz CT molecular complexity index is 537. The predicted molar refractivity (Wildman–Crippen MR) is 98.8 cm³/mol. The first kappa shape index (κ1) is 17.5. The molecule has 1 N–H and O–H groups in total. The zero-order valence-electron chi connectivity index (χ0n) is 15.4. The molecular formula is C21H32N2O. The van der Waals surface area contributed by atoms with Gasteiger partial charge in [0.2, 0.25) is 5.91 Å². The topological polar surface area (TPSA) is 32.3 Å². The molecule has 1 amide bonds. The number of rotatable bonds is 4. The van der Waals surface area contributed by atoms with Gasteiger partial charge in [-0.15, -0.1) is 0 Å². The third kappa shape index (κ3) is 4.18. The van der Waals surface area contributed by atoms with E-state index in [1.54, 1.807) is 0 Å². The second-order valence-corrected chi connectivity index (χ2v) is 8.20.